The highest BCUT2D eigenvalue weighted by Gasteiger charge is 2.52. The molecule has 0 spiro atoms. The van der Waals surface area contributed by atoms with Crippen molar-refractivity contribution in [3.05, 3.63) is 29.6 Å². The van der Waals surface area contributed by atoms with Gasteiger partial charge in [-0.3, -0.25) is 0 Å². The van der Waals surface area contributed by atoms with Crippen molar-refractivity contribution in [1.29, 1.82) is 0 Å². The molecule has 1 aliphatic heterocycles. The van der Waals surface area contributed by atoms with E-state index in [0.717, 1.165) is 0 Å². The molecule has 1 saturated heterocycles. The number of hydrogen-bond acceptors (Lipinski definition) is 3. The Balaban J connectivity index is 2.34. The van der Waals surface area contributed by atoms with Crippen LogP contribution in [0, 0.1) is 5.82 Å². The normalized spacial score (nSPS) is 20.6. The van der Waals surface area contributed by atoms with Gasteiger partial charge in [-0.05, 0) is 33.3 Å². The molecule has 102 valence electrons. The third-order valence-electron chi connectivity index (χ3n) is 3.92. The van der Waals surface area contributed by atoms with E-state index in [2.05, 4.69) is 0 Å². The minimum Gasteiger partial charge on any atom is -0.399 e. The minimum absolute atomic E-state index is 0.0547. The maximum atomic E-state index is 14.3. The van der Waals surface area contributed by atoms with Gasteiger partial charge in [0.25, 0.3) is 0 Å². The van der Waals surface area contributed by atoms with Gasteiger partial charge in [-0.25, -0.2) is 4.39 Å². The minimum atomic E-state index is -0.739. The first-order valence-corrected chi connectivity index (χ1v) is 6.35. The lowest BCUT2D eigenvalue weighted by molar-refractivity contribution is -0.107. The summed E-state index contributed by atoms with van der Waals surface area (Å²) in [5.74, 6) is -0.423. The highest BCUT2D eigenvalue weighted by Crippen LogP contribution is 2.36. The zero-order chi connectivity index (χ0) is 14.3. The Morgan fingerprint density at radius 1 is 1.21 bits per heavy atom. The second-order valence-electron chi connectivity index (χ2n) is 5.78. The van der Waals surface area contributed by atoms with Crippen LogP contribution in [-0.2, 0) is 20.5 Å². The topological polar surface area (TPSA) is 35.5 Å². The molecule has 1 heterocycles. The number of carbonyl (C=O) groups is 1. The van der Waals surface area contributed by atoms with Crippen molar-refractivity contribution in [2.24, 2.45) is 0 Å². The van der Waals surface area contributed by atoms with Crippen LogP contribution >= 0.6 is 0 Å². The van der Waals surface area contributed by atoms with Crippen molar-refractivity contribution < 1.29 is 18.5 Å². The van der Waals surface area contributed by atoms with Crippen molar-refractivity contribution in [2.75, 3.05) is 0 Å². The van der Waals surface area contributed by atoms with Crippen LogP contribution in [-0.4, -0.2) is 24.6 Å². The van der Waals surface area contributed by atoms with Crippen molar-refractivity contribution >= 4 is 18.9 Å². The number of hydrogen-bond donors (Lipinski definition) is 0. The second-order valence-corrected chi connectivity index (χ2v) is 5.78. The third kappa shape index (κ3) is 2.45. The van der Waals surface area contributed by atoms with Crippen LogP contribution < -0.4 is 5.46 Å². The van der Waals surface area contributed by atoms with Gasteiger partial charge in [-0.1, -0.05) is 18.2 Å². The molecule has 1 aliphatic rings. The maximum absolute atomic E-state index is 14.3. The Kier molecular flexibility index (Phi) is 3.54. The summed E-state index contributed by atoms with van der Waals surface area (Å²) in [4.78, 5) is 10.5. The molecule has 0 unspecified atom stereocenters. The molecule has 1 aromatic rings. The summed E-state index contributed by atoms with van der Waals surface area (Å²) < 4.78 is 25.9. The van der Waals surface area contributed by atoms with Crippen LogP contribution in [0.2, 0.25) is 0 Å². The summed E-state index contributed by atoms with van der Waals surface area (Å²) in [5.41, 5.74) is -0.310. The fraction of sp³-hybridized carbons (Fsp3) is 0.500. The SMILES string of the molecule is CC1(C)OB(c2cccc(CC=O)c2F)OC1(C)C. The Hall–Kier alpha value is -1.20. The van der Waals surface area contributed by atoms with Gasteiger partial charge in [0.1, 0.15) is 12.1 Å². The monoisotopic (exact) mass is 264 g/mol. The molecule has 0 amide bonds. The third-order valence-corrected chi connectivity index (χ3v) is 3.92. The summed E-state index contributed by atoms with van der Waals surface area (Å²) >= 11 is 0. The van der Waals surface area contributed by atoms with E-state index in [0.29, 0.717) is 17.3 Å². The van der Waals surface area contributed by atoms with Crippen LogP contribution in [0.25, 0.3) is 0 Å². The average molecular weight is 264 g/mol. The summed E-state index contributed by atoms with van der Waals surface area (Å²) in [6.07, 6.45) is 0.742. The van der Waals surface area contributed by atoms with Crippen molar-refractivity contribution in [3.8, 4) is 0 Å². The molecular weight excluding hydrogens is 246 g/mol. The molecule has 19 heavy (non-hydrogen) atoms. The van der Waals surface area contributed by atoms with Gasteiger partial charge in [0.2, 0.25) is 0 Å². The molecule has 3 nitrogen and oxygen atoms in total. The highest BCUT2D eigenvalue weighted by atomic mass is 19.1. The summed E-state index contributed by atoms with van der Waals surface area (Å²) in [7, 11) is -0.739. The van der Waals surface area contributed by atoms with Crippen LogP contribution in [0.5, 0.6) is 0 Å². The Bertz CT molecular complexity index is 483. The number of rotatable bonds is 3. The molecule has 0 N–H and O–H groups in total. The van der Waals surface area contributed by atoms with Gasteiger partial charge in [-0.2, -0.15) is 0 Å². The average Bonchev–Trinajstić information content (AvgIpc) is 2.51. The molecule has 2 rings (SSSR count). The van der Waals surface area contributed by atoms with E-state index in [1.165, 1.54) is 0 Å². The highest BCUT2D eigenvalue weighted by molar-refractivity contribution is 6.62. The van der Waals surface area contributed by atoms with E-state index < -0.39 is 24.1 Å². The smallest absolute Gasteiger partial charge is 0.399 e. The lowest BCUT2D eigenvalue weighted by atomic mass is 9.77. The fourth-order valence-corrected chi connectivity index (χ4v) is 2.00. The first-order chi connectivity index (χ1) is 8.78. The molecule has 1 fully saturated rings. The van der Waals surface area contributed by atoms with Crippen molar-refractivity contribution in [3.63, 3.8) is 0 Å². The standard InChI is InChI=1S/C14H18BFO3/c1-13(2)14(3,4)19-15(18-13)11-7-5-6-10(8-9-17)12(11)16/h5-7,9H,8H2,1-4H3. The first-order valence-electron chi connectivity index (χ1n) is 6.35. The molecular formula is C14H18BFO3. The molecule has 0 radical (unpaired) electrons. The zero-order valence-corrected chi connectivity index (χ0v) is 11.7. The first kappa shape index (κ1) is 14.2. The van der Waals surface area contributed by atoms with E-state index in [1.54, 1.807) is 18.2 Å². The summed E-state index contributed by atoms with van der Waals surface area (Å²) in [5, 5.41) is 0. The number of benzene rings is 1. The van der Waals surface area contributed by atoms with Crippen LogP contribution in [0.1, 0.15) is 33.3 Å². The van der Waals surface area contributed by atoms with Gasteiger partial charge < -0.3 is 14.1 Å². The van der Waals surface area contributed by atoms with E-state index in [1.807, 2.05) is 27.7 Å². The predicted molar refractivity (Wildman–Crippen MR) is 71.9 cm³/mol. The largest absolute Gasteiger partial charge is 0.497 e. The number of aldehydes is 1. The molecule has 1 aromatic carbocycles. The van der Waals surface area contributed by atoms with E-state index in [9.17, 15) is 9.18 Å². The van der Waals surface area contributed by atoms with Crippen molar-refractivity contribution in [2.45, 2.75) is 45.3 Å². The maximum Gasteiger partial charge on any atom is 0.497 e. The molecule has 0 saturated carbocycles. The lowest BCUT2D eigenvalue weighted by Crippen LogP contribution is -2.41. The van der Waals surface area contributed by atoms with Gasteiger partial charge >= 0.3 is 7.12 Å². The summed E-state index contributed by atoms with van der Waals surface area (Å²) in [6.45, 7) is 7.67. The van der Waals surface area contributed by atoms with E-state index in [-0.39, 0.29) is 6.42 Å². The van der Waals surface area contributed by atoms with Crippen molar-refractivity contribution in [1.82, 2.24) is 0 Å². The molecule has 0 atom stereocenters. The fourth-order valence-electron chi connectivity index (χ4n) is 2.00. The van der Waals surface area contributed by atoms with Crippen LogP contribution in [0.4, 0.5) is 4.39 Å². The van der Waals surface area contributed by atoms with E-state index >= 15 is 0 Å². The van der Waals surface area contributed by atoms with Crippen LogP contribution in [0.15, 0.2) is 18.2 Å². The van der Waals surface area contributed by atoms with Gasteiger partial charge in [0, 0.05) is 11.9 Å². The lowest BCUT2D eigenvalue weighted by Gasteiger charge is -2.32. The van der Waals surface area contributed by atoms with Gasteiger partial charge in [0.15, 0.2) is 0 Å². The Morgan fingerprint density at radius 3 is 2.32 bits per heavy atom. The Morgan fingerprint density at radius 2 is 1.79 bits per heavy atom. The Labute approximate surface area is 113 Å². The summed E-state index contributed by atoms with van der Waals surface area (Å²) in [6, 6.07) is 4.94. The molecule has 0 aromatic heterocycles. The molecule has 5 heteroatoms. The zero-order valence-electron chi connectivity index (χ0n) is 11.7. The molecule has 0 aliphatic carbocycles. The second kappa shape index (κ2) is 4.73. The predicted octanol–water partition coefficient (Wildman–Crippen LogP) is 1.87. The quantitative estimate of drug-likeness (QED) is 0.617. The van der Waals surface area contributed by atoms with Gasteiger partial charge in [-0.15, -0.1) is 0 Å². The van der Waals surface area contributed by atoms with Crippen LogP contribution in [0.3, 0.4) is 0 Å². The van der Waals surface area contributed by atoms with Gasteiger partial charge in [0.05, 0.1) is 11.2 Å². The van der Waals surface area contributed by atoms with E-state index in [4.69, 9.17) is 9.31 Å². The molecule has 0 bridgehead atoms. The number of carbonyl (C=O) groups excluding carboxylic acids is 1. The number of halogens is 1.